The molecular weight excluding hydrogens is 286 g/mol. The molecule has 0 unspecified atom stereocenters. The number of carbonyl (C=O) groups excluding carboxylic acids is 2. The second-order valence-corrected chi connectivity index (χ2v) is 4.61. The van der Waals surface area contributed by atoms with Crippen LogP contribution < -0.4 is 5.73 Å². The van der Waals surface area contributed by atoms with Crippen LogP contribution in [0.25, 0.3) is 0 Å². The zero-order valence-electron chi connectivity index (χ0n) is 12.8. The van der Waals surface area contributed by atoms with Crippen molar-refractivity contribution in [2.45, 2.75) is 38.5 Å². The smallest absolute Gasteiger partial charge is 0.305 e. The highest BCUT2D eigenvalue weighted by molar-refractivity contribution is 5.92. The van der Waals surface area contributed by atoms with Gasteiger partial charge in [0.05, 0.1) is 7.11 Å². The number of hydrogen-bond donors (Lipinski definition) is 2. The predicted molar refractivity (Wildman–Crippen MR) is 82.3 cm³/mol. The largest absolute Gasteiger partial charge is 0.481 e. The maximum atomic E-state index is 10.6. The van der Waals surface area contributed by atoms with Crippen LogP contribution in [0.2, 0.25) is 0 Å². The van der Waals surface area contributed by atoms with Crippen molar-refractivity contribution >= 4 is 17.8 Å². The highest BCUT2D eigenvalue weighted by atomic mass is 16.5. The van der Waals surface area contributed by atoms with Crippen LogP contribution in [0.4, 0.5) is 0 Å². The fourth-order valence-electron chi connectivity index (χ4n) is 1.60. The van der Waals surface area contributed by atoms with Gasteiger partial charge < -0.3 is 15.6 Å². The molecule has 0 atom stereocenters. The molecular formula is C16H23NO5. The molecule has 1 aromatic carbocycles. The molecule has 1 rings (SSSR count). The van der Waals surface area contributed by atoms with Crippen molar-refractivity contribution in [3.8, 4) is 0 Å². The Labute approximate surface area is 130 Å². The molecule has 6 heteroatoms. The lowest BCUT2D eigenvalue weighted by Crippen LogP contribution is -2.09. The minimum atomic E-state index is -0.757. The Morgan fingerprint density at radius 1 is 1.00 bits per heavy atom. The number of unbranched alkanes of at least 4 members (excludes halogenated alkanes) is 3. The second-order valence-electron chi connectivity index (χ2n) is 4.61. The Bertz CT molecular complexity index is 459. The third-order valence-electron chi connectivity index (χ3n) is 2.81. The third-order valence-corrected chi connectivity index (χ3v) is 2.81. The Balaban J connectivity index is 0.000000425. The summed E-state index contributed by atoms with van der Waals surface area (Å²) in [6.07, 6.45) is 3.89. The molecule has 0 radical (unpaired) electrons. The molecule has 0 aliphatic heterocycles. The molecule has 1 amide bonds. The van der Waals surface area contributed by atoms with Crippen molar-refractivity contribution in [3.05, 3.63) is 35.9 Å². The van der Waals surface area contributed by atoms with Crippen LogP contribution in [-0.2, 0) is 14.3 Å². The van der Waals surface area contributed by atoms with Crippen LogP contribution in [0.3, 0.4) is 0 Å². The van der Waals surface area contributed by atoms with E-state index in [0.29, 0.717) is 18.4 Å². The number of carbonyl (C=O) groups is 3. The number of nitrogens with two attached hydrogens (primary N) is 1. The van der Waals surface area contributed by atoms with Gasteiger partial charge in [0.25, 0.3) is 0 Å². The molecule has 3 N–H and O–H groups in total. The summed E-state index contributed by atoms with van der Waals surface area (Å²) in [7, 11) is 1.37. The van der Waals surface area contributed by atoms with E-state index in [1.54, 1.807) is 24.3 Å². The fraction of sp³-hybridized carbons (Fsp3) is 0.438. The van der Waals surface area contributed by atoms with Crippen molar-refractivity contribution in [3.63, 3.8) is 0 Å². The van der Waals surface area contributed by atoms with Gasteiger partial charge in [-0.15, -0.1) is 0 Å². The number of carboxylic acids is 1. The van der Waals surface area contributed by atoms with E-state index in [0.717, 1.165) is 19.3 Å². The summed E-state index contributed by atoms with van der Waals surface area (Å²) >= 11 is 0. The van der Waals surface area contributed by atoms with E-state index in [1.807, 2.05) is 6.07 Å². The zero-order chi connectivity index (χ0) is 16.8. The van der Waals surface area contributed by atoms with Crippen molar-refractivity contribution in [1.29, 1.82) is 0 Å². The molecule has 0 aliphatic rings. The van der Waals surface area contributed by atoms with Crippen LogP contribution in [0, 0.1) is 0 Å². The number of carboxylic acid groups (broad SMARTS) is 1. The minimum absolute atomic E-state index is 0.196. The Hall–Kier alpha value is -2.37. The van der Waals surface area contributed by atoms with Gasteiger partial charge in [-0.25, -0.2) is 0 Å². The van der Waals surface area contributed by atoms with Crippen LogP contribution in [0.15, 0.2) is 30.3 Å². The normalized spacial score (nSPS) is 9.32. The summed E-state index contributed by atoms with van der Waals surface area (Å²) in [6, 6.07) is 8.76. The Kier molecular flexibility index (Phi) is 11.0. The first kappa shape index (κ1) is 19.6. The number of ether oxygens (including phenoxy) is 1. The van der Waals surface area contributed by atoms with E-state index in [-0.39, 0.29) is 18.3 Å². The summed E-state index contributed by atoms with van der Waals surface area (Å²) in [5, 5.41) is 8.32. The van der Waals surface area contributed by atoms with E-state index >= 15 is 0 Å². The topological polar surface area (TPSA) is 107 Å². The van der Waals surface area contributed by atoms with Crippen LogP contribution in [0.1, 0.15) is 48.9 Å². The first-order valence-electron chi connectivity index (χ1n) is 7.10. The molecule has 0 fully saturated rings. The van der Waals surface area contributed by atoms with E-state index in [4.69, 9.17) is 10.8 Å². The second kappa shape index (κ2) is 12.4. The first-order chi connectivity index (χ1) is 10.5. The SMILES string of the molecule is COC(=O)CCCCCCC(=O)O.NC(=O)c1ccccc1. The summed E-state index contributed by atoms with van der Waals surface area (Å²) in [4.78, 5) is 31.2. The van der Waals surface area contributed by atoms with E-state index in [1.165, 1.54) is 7.11 Å². The average Bonchev–Trinajstić information content (AvgIpc) is 2.51. The van der Waals surface area contributed by atoms with Crippen molar-refractivity contribution < 1.29 is 24.2 Å². The molecule has 0 spiro atoms. The van der Waals surface area contributed by atoms with Crippen molar-refractivity contribution in [2.24, 2.45) is 5.73 Å². The van der Waals surface area contributed by atoms with Crippen molar-refractivity contribution in [1.82, 2.24) is 0 Å². The molecule has 0 heterocycles. The van der Waals surface area contributed by atoms with Gasteiger partial charge in [0.1, 0.15) is 0 Å². The van der Waals surface area contributed by atoms with Crippen LogP contribution in [-0.4, -0.2) is 30.1 Å². The molecule has 0 aliphatic carbocycles. The van der Waals surface area contributed by atoms with Crippen LogP contribution >= 0.6 is 0 Å². The van der Waals surface area contributed by atoms with E-state index in [9.17, 15) is 14.4 Å². The number of hydrogen-bond acceptors (Lipinski definition) is 4. The number of benzene rings is 1. The average molecular weight is 309 g/mol. The molecule has 0 saturated heterocycles. The minimum Gasteiger partial charge on any atom is -0.481 e. The number of aliphatic carboxylic acids is 1. The van der Waals surface area contributed by atoms with E-state index in [2.05, 4.69) is 4.74 Å². The maximum Gasteiger partial charge on any atom is 0.305 e. The van der Waals surface area contributed by atoms with Gasteiger partial charge in [-0.3, -0.25) is 14.4 Å². The molecule has 6 nitrogen and oxygen atoms in total. The molecule has 0 aromatic heterocycles. The lowest BCUT2D eigenvalue weighted by atomic mass is 10.1. The van der Waals surface area contributed by atoms with Gasteiger partial charge >= 0.3 is 11.9 Å². The molecule has 22 heavy (non-hydrogen) atoms. The summed E-state index contributed by atoms with van der Waals surface area (Å²) in [5.74, 6) is -1.33. The summed E-state index contributed by atoms with van der Waals surface area (Å²) in [5.41, 5.74) is 5.53. The number of rotatable bonds is 8. The van der Waals surface area contributed by atoms with Gasteiger partial charge in [0.2, 0.25) is 5.91 Å². The van der Waals surface area contributed by atoms with Gasteiger partial charge in [-0.2, -0.15) is 0 Å². The molecule has 0 saturated carbocycles. The fourth-order valence-corrected chi connectivity index (χ4v) is 1.60. The number of primary amides is 1. The number of esters is 1. The maximum absolute atomic E-state index is 10.6. The quantitative estimate of drug-likeness (QED) is 0.566. The first-order valence-corrected chi connectivity index (χ1v) is 7.10. The van der Waals surface area contributed by atoms with E-state index < -0.39 is 5.97 Å². The number of amides is 1. The van der Waals surface area contributed by atoms with Gasteiger partial charge in [-0.05, 0) is 25.0 Å². The van der Waals surface area contributed by atoms with Crippen LogP contribution in [0.5, 0.6) is 0 Å². The Morgan fingerprint density at radius 2 is 1.55 bits per heavy atom. The third kappa shape index (κ3) is 11.5. The standard InChI is InChI=1S/C9H16O4.C7H7NO/c1-13-9(12)7-5-3-2-4-6-8(10)11;8-7(9)6-4-2-1-3-5-6/h2-7H2,1H3,(H,10,11);1-5H,(H2,8,9). The van der Waals surface area contributed by atoms with Gasteiger partial charge in [-0.1, -0.05) is 31.0 Å². The zero-order valence-corrected chi connectivity index (χ0v) is 12.8. The monoisotopic (exact) mass is 309 g/mol. The number of methoxy groups -OCH3 is 1. The summed E-state index contributed by atoms with van der Waals surface area (Å²) in [6.45, 7) is 0. The Morgan fingerprint density at radius 3 is 1.95 bits per heavy atom. The van der Waals surface area contributed by atoms with Crippen molar-refractivity contribution in [2.75, 3.05) is 7.11 Å². The highest BCUT2D eigenvalue weighted by Gasteiger charge is 2.00. The summed E-state index contributed by atoms with van der Waals surface area (Å²) < 4.78 is 4.46. The van der Waals surface area contributed by atoms with Gasteiger partial charge in [0, 0.05) is 18.4 Å². The molecule has 122 valence electrons. The lowest BCUT2D eigenvalue weighted by Gasteiger charge is -1.98. The predicted octanol–water partition coefficient (Wildman–Crippen LogP) is 2.37. The van der Waals surface area contributed by atoms with Gasteiger partial charge in [0.15, 0.2) is 0 Å². The molecule has 1 aromatic rings. The highest BCUT2D eigenvalue weighted by Crippen LogP contribution is 2.05. The lowest BCUT2D eigenvalue weighted by molar-refractivity contribution is -0.141. The molecule has 0 bridgehead atoms.